The first kappa shape index (κ1) is 34.7. The van der Waals surface area contributed by atoms with Crippen molar-refractivity contribution in [2.45, 2.75) is 16.7 Å². The summed E-state index contributed by atoms with van der Waals surface area (Å²) in [6, 6.07) is 20.5. The second-order valence-electron chi connectivity index (χ2n) is 9.70. The SMILES string of the molecule is CCOc1ccc(NS(=O)(=O)c2ccc(NC(=O)CN(c3cc(OC)ccc3OC)S(=O)(=O)c3ccc(OC)c(OC)c3)cc2)cc1. The van der Waals surface area contributed by atoms with Crippen LogP contribution in [0.25, 0.3) is 0 Å². The van der Waals surface area contributed by atoms with Gasteiger partial charge in [0.25, 0.3) is 20.0 Å². The number of rotatable bonds is 15. The highest BCUT2D eigenvalue weighted by molar-refractivity contribution is 7.93. The number of ether oxygens (including phenoxy) is 5. The maximum absolute atomic E-state index is 14.1. The van der Waals surface area contributed by atoms with E-state index in [1.54, 1.807) is 30.3 Å². The Kier molecular flexibility index (Phi) is 11.1. The lowest BCUT2D eigenvalue weighted by Crippen LogP contribution is -2.38. The Morgan fingerprint density at radius 2 is 1.23 bits per heavy atom. The molecule has 0 spiro atoms. The van der Waals surface area contributed by atoms with Gasteiger partial charge in [0.05, 0.1) is 50.5 Å². The molecule has 0 fully saturated rings. The van der Waals surface area contributed by atoms with Gasteiger partial charge in [0.1, 0.15) is 23.8 Å². The van der Waals surface area contributed by atoms with Crippen molar-refractivity contribution < 1.29 is 45.3 Å². The minimum atomic E-state index is -4.41. The second kappa shape index (κ2) is 15.0. The number of nitrogens with one attached hydrogen (secondary N) is 2. The summed E-state index contributed by atoms with van der Waals surface area (Å²) in [5.41, 5.74) is 0.615. The Morgan fingerprint density at radius 3 is 1.83 bits per heavy atom. The van der Waals surface area contributed by atoms with Gasteiger partial charge in [-0.2, -0.15) is 0 Å². The van der Waals surface area contributed by atoms with Crippen molar-refractivity contribution in [3.05, 3.63) is 84.9 Å². The Hall–Kier alpha value is -5.15. The Labute approximate surface area is 274 Å². The van der Waals surface area contributed by atoms with E-state index in [0.29, 0.717) is 29.5 Å². The van der Waals surface area contributed by atoms with Crippen molar-refractivity contribution in [2.24, 2.45) is 0 Å². The molecule has 15 heteroatoms. The van der Waals surface area contributed by atoms with Crippen LogP contribution in [0.3, 0.4) is 0 Å². The zero-order valence-corrected chi connectivity index (χ0v) is 28.0. The van der Waals surface area contributed by atoms with Gasteiger partial charge in [-0.3, -0.25) is 13.8 Å². The molecule has 250 valence electrons. The summed E-state index contributed by atoms with van der Waals surface area (Å²) in [5.74, 6) is 0.858. The normalized spacial score (nSPS) is 11.3. The van der Waals surface area contributed by atoms with E-state index in [-0.39, 0.29) is 32.7 Å². The van der Waals surface area contributed by atoms with Gasteiger partial charge >= 0.3 is 0 Å². The number of anilines is 3. The number of benzene rings is 4. The molecule has 0 saturated carbocycles. The van der Waals surface area contributed by atoms with Crippen LogP contribution in [0.15, 0.2) is 94.7 Å². The first-order valence-corrected chi connectivity index (χ1v) is 17.0. The van der Waals surface area contributed by atoms with E-state index in [1.807, 2.05) is 6.92 Å². The highest BCUT2D eigenvalue weighted by atomic mass is 32.2. The van der Waals surface area contributed by atoms with Gasteiger partial charge in [-0.1, -0.05) is 0 Å². The molecule has 2 N–H and O–H groups in total. The minimum absolute atomic E-state index is 0.0404. The maximum Gasteiger partial charge on any atom is 0.265 e. The minimum Gasteiger partial charge on any atom is -0.497 e. The highest BCUT2D eigenvalue weighted by Gasteiger charge is 2.31. The summed E-state index contributed by atoms with van der Waals surface area (Å²) in [7, 11) is -2.78. The molecule has 0 aromatic heterocycles. The molecule has 0 atom stereocenters. The van der Waals surface area contributed by atoms with E-state index < -0.39 is 32.5 Å². The molecule has 1 amide bonds. The topological polar surface area (TPSA) is 159 Å². The summed E-state index contributed by atoms with van der Waals surface area (Å²) in [5, 5.41) is 2.63. The lowest BCUT2D eigenvalue weighted by molar-refractivity contribution is -0.114. The summed E-state index contributed by atoms with van der Waals surface area (Å²) in [4.78, 5) is 13.1. The summed E-state index contributed by atoms with van der Waals surface area (Å²) in [6.07, 6.45) is 0. The number of sulfonamides is 2. The predicted octanol–water partition coefficient (Wildman–Crippen LogP) is 4.75. The molecule has 0 aliphatic rings. The first-order chi connectivity index (χ1) is 22.4. The number of methoxy groups -OCH3 is 4. The quantitative estimate of drug-likeness (QED) is 0.179. The van der Waals surface area contributed by atoms with Crippen LogP contribution >= 0.6 is 0 Å². The van der Waals surface area contributed by atoms with Crippen LogP contribution in [0.1, 0.15) is 6.92 Å². The van der Waals surface area contributed by atoms with Crippen molar-refractivity contribution in [2.75, 3.05) is 55.9 Å². The fourth-order valence-corrected chi connectivity index (χ4v) is 6.94. The Balaban J connectivity index is 1.60. The summed E-state index contributed by atoms with van der Waals surface area (Å²) in [6.45, 7) is 1.65. The van der Waals surface area contributed by atoms with Crippen molar-refractivity contribution in [1.29, 1.82) is 0 Å². The van der Waals surface area contributed by atoms with Crippen LogP contribution in [0.4, 0.5) is 17.1 Å². The molecule has 4 rings (SSSR count). The number of nitrogens with zero attached hydrogens (tertiary/aromatic N) is 1. The average molecular weight is 686 g/mol. The van der Waals surface area contributed by atoms with E-state index in [1.165, 1.54) is 83.0 Å². The van der Waals surface area contributed by atoms with Crippen molar-refractivity contribution in [3.63, 3.8) is 0 Å². The van der Waals surface area contributed by atoms with Crippen LogP contribution in [0, 0.1) is 0 Å². The van der Waals surface area contributed by atoms with E-state index in [9.17, 15) is 21.6 Å². The largest absolute Gasteiger partial charge is 0.497 e. The summed E-state index contributed by atoms with van der Waals surface area (Å²) >= 11 is 0. The molecule has 4 aromatic carbocycles. The zero-order valence-electron chi connectivity index (χ0n) is 26.3. The lowest BCUT2D eigenvalue weighted by Gasteiger charge is -2.26. The lowest BCUT2D eigenvalue weighted by atomic mass is 10.2. The monoisotopic (exact) mass is 685 g/mol. The Bertz CT molecular complexity index is 1920. The third-order valence-electron chi connectivity index (χ3n) is 6.75. The van der Waals surface area contributed by atoms with E-state index in [2.05, 4.69) is 10.0 Å². The molecule has 0 aliphatic carbocycles. The maximum atomic E-state index is 14.1. The van der Waals surface area contributed by atoms with E-state index in [4.69, 9.17) is 23.7 Å². The molecule has 0 unspecified atom stereocenters. The highest BCUT2D eigenvalue weighted by Crippen LogP contribution is 2.37. The molecule has 13 nitrogen and oxygen atoms in total. The van der Waals surface area contributed by atoms with Crippen LogP contribution in [0.5, 0.6) is 28.7 Å². The van der Waals surface area contributed by atoms with Crippen LogP contribution < -0.4 is 38.0 Å². The summed E-state index contributed by atoms with van der Waals surface area (Å²) < 4.78 is 84.1. The number of carbonyl (C=O) groups excluding carboxylic acids is 1. The fraction of sp³-hybridized carbons (Fsp3) is 0.219. The first-order valence-electron chi connectivity index (χ1n) is 14.1. The number of amides is 1. The van der Waals surface area contributed by atoms with Crippen LogP contribution in [-0.4, -0.2) is 64.3 Å². The third kappa shape index (κ3) is 8.17. The molecule has 4 aromatic rings. The smallest absolute Gasteiger partial charge is 0.265 e. The van der Waals surface area contributed by atoms with E-state index in [0.717, 1.165) is 4.31 Å². The molecule has 0 radical (unpaired) electrons. The Morgan fingerprint density at radius 1 is 0.660 bits per heavy atom. The van der Waals surface area contributed by atoms with E-state index >= 15 is 0 Å². The number of hydrogen-bond acceptors (Lipinski definition) is 10. The van der Waals surface area contributed by atoms with Crippen LogP contribution in [-0.2, 0) is 24.8 Å². The molecule has 0 heterocycles. The van der Waals surface area contributed by atoms with Gasteiger partial charge < -0.3 is 29.0 Å². The van der Waals surface area contributed by atoms with Gasteiger partial charge in [0, 0.05) is 23.5 Å². The van der Waals surface area contributed by atoms with Crippen molar-refractivity contribution >= 4 is 43.0 Å². The van der Waals surface area contributed by atoms with Gasteiger partial charge in [0.15, 0.2) is 11.5 Å². The van der Waals surface area contributed by atoms with Crippen molar-refractivity contribution in [3.8, 4) is 28.7 Å². The van der Waals surface area contributed by atoms with Crippen molar-refractivity contribution in [1.82, 2.24) is 0 Å². The van der Waals surface area contributed by atoms with Gasteiger partial charge in [0.2, 0.25) is 5.91 Å². The van der Waals surface area contributed by atoms with Crippen LogP contribution in [0.2, 0.25) is 0 Å². The fourth-order valence-electron chi connectivity index (χ4n) is 4.44. The van der Waals surface area contributed by atoms with Gasteiger partial charge in [-0.25, -0.2) is 16.8 Å². The second-order valence-corrected chi connectivity index (χ2v) is 13.2. The molecular formula is C32H35N3O10S2. The predicted molar refractivity (Wildman–Crippen MR) is 177 cm³/mol. The molecule has 0 bridgehead atoms. The zero-order chi connectivity index (χ0) is 34.2. The standard InChI is InChI=1S/C32H35N3O10S2/c1-6-45-24-11-7-23(8-12-24)34-46(37,38)26-14-9-22(10-15-26)33-32(36)21-35(28-19-25(41-2)13-17-29(28)42-3)47(39,40)27-16-18-30(43-4)31(20-27)44-5/h7-20,34H,6,21H2,1-5H3,(H,33,36). The molecule has 0 saturated heterocycles. The van der Waals surface area contributed by atoms with Gasteiger partial charge in [-0.15, -0.1) is 0 Å². The number of carbonyl (C=O) groups is 1. The third-order valence-corrected chi connectivity index (χ3v) is 9.90. The van der Waals surface area contributed by atoms with Gasteiger partial charge in [-0.05, 0) is 79.7 Å². The molecular weight excluding hydrogens is 650 g/mol. The molecule has 0 aliphatic heterocycles. The molecule has 47 heavy (non-hydrogen) atoms. The number of hydrogen-bond donors (Lipinski definition) is 2. The average Bonchev–Trinajstić information content (AvgIpc) is 3.07.